The Morgan fingerprint density at radius 3 is 2.43 bits per heavy atom. The number of hydrogen-bond acceptors (Lipinski definition) is 3. The second-order valence-corrected chi connectivity index (χ2v) is 3.02. The van der Waals surface area contributed by atoms with Crippen molar-refractivity contribution in [3.05, 3.63) is 0 Å². The number of nitrogens with two attached hydrogens (primary N) is 1. The van der Waals surface area contributed by atoms with Crippen LogP contribution in [0.4, 0.5) is 0 Å². The Morgan fingerprint density at radius 2 is 2.29 bits per heavy atom. The van der Waals surface area contributed by atoms with Gasteiger partial charge in [-0.2, -0.15) is 0 Å². The summed E-state index contributed by atoms with van der Waals surface area (Å²) in [6.45, 7) is 2.23. The first kappa shape index (κ1) is 7.10. The molecule has 0 bridgehead atoms. The Balaban J connectivity index is 2.68. The molecule has 0 aromatic rings. The molecule has 0 saturated carbocycles. The number of hydrogen-bond donors (Lipinski definition) is 1. The minimum Gasteiger partial charge on any atom is -0.384 e. The van der Waals surface area contributed by atoms with E-state index in [-0.39, 0.29) is 0 Å². The second-order valence-electron chi connectivity index (χ2n) is 1.28. The van der Waals surface area contributed by atoms with Gasteiger partial charge in [-0.1, -0.05) is 0 Å². The maximum atomic E-state index is 5.32. The van der Waals surface area contributed by atoms with Crippen LogP contribution < -0.4 is 5.40 Å². The van der Waals surface area contributed by atoms with E-state index < -0.39 is 9.20 Å². The molecule has 0 heterocycles. The lowest BCUT2D eigenvalue weighted by Gasteiger charge is -2.01. The number of rotatable bonds is 3. The average molecular weight is 121 g/mol. The molecule has 0 aromatic carbocycles. The van der Waals surface area contributed by atoms with Gasteiger partial charge in [-0.15, -0.1) is 0 Å². The average Bonchev–Trinajstić information content (AvgIpc) is 1.61. The van der Waals surface area contributed by atoms with Crippen LogP contribution in [0.2, 0.25) is 6.55 Å². The Bertz CT molecular complexity index is 41.9. The molecule has 0 radical (unpaired) electrons. The Kier molecular flexibility index (Phi) is 4.32. The van der Waals surface area contributed by atoms with Crippen molar-refractivity contribution in [3.8, 4) is 0 Å². The second kappa shape index (κ2) is 4.26. The lowest BCUT2D eigenvalue weighted by atomic mass is 11.4. The third-order valence-electron chi connectivity index (χ3n) is 0.449. The van der Waals surface area contributed by atoms with Gasteiger partial charge in [0.05, 0.1) is 0 Å². The van der Waals surface area contributed by atoms with E-state index in [1.165, 1.54) is 0 Å². The first-order valence-corrected chi connectivity index (χ1v) is 4.42. The van der Waals surface area contributed by atoms with Crippen LogP contribution in [0, 0.1) is 0 Å². The summed E-state index contributed by atoms with van der Waals surface area (Å²) in [6, 6.07) is 0. The summed E-state index contributed by atoms with van der Waals surface area (Å²) in [5.41, 5.74) is 0. The molecule has 0 fully saturated rings. The molecule has 0 rings (SSSR count). The first-order chi connectivity index (χ1) is 3.27. The van der Waals surface area contributed by atoms with Crippen LogP contribution in [0.5, 0.6) is 0 Å². The van der Waals surface area contributed by atoms with Crippen molar-refractivity contribution < 1.29 is 9.16 Å². The summed E-state index contributed by atoms with van der Waals surface area (Å²) in [6.07, 6.45) is 0. The Labute approximate surface area is 45.2 Å². The van der Waals surface area contributed by atoms with Gasteiger partial charge in [-0.3, -0.25) is 0 Å². The van der Waals surface area contributed by atoms with Gasteiger partial charge in [0.1, 0.15) is 6.79 Å². The van der Waals surface area contributed by atoms with Gasteiger partial charge in [0.2, 0.25) is 9.20 Å². The van der Waals surface area contributed by atoms with Gasteiger partial charge in [-0.25, -0.2) is 0 Å². The molecular weight excluding hydrogens is 110 g/mol. The summed E-state index contributed by atoms with van der Waals surface area (Å²) in [5.74, 6) is 0. The maximum absolute atomic E-state index is 5.32. The lowest BCUT2D eigenvalue weighted by Crippen LogP contribution is -2.26. The number of methoxy groups -OCH3 is 1. The van der Waals surface area contributed by atoms with E-state index in [4.69, 9.17) is 9.83 Å². The van der Waals surface area contributed by atoms with Gasteiger partial charge in [0, 0.05) is 7.11 Å². The van der Waals surface area contributed by atoms with Crippen molar-refractivity contribution in [2.75, 3.05) is 13.9 Å². The molecule has 1 unspecified atom stereocenters. The zero-order valence-corrected chi connectivity index (χ0v) is 5.83. The highest BCUT2D eigenvalue weighted by Crippen LogP contribution is 1.73. The fourth-order valence-corrected chi connectivity index (χ4v) is 0.526. The molecule has 2 N–H and O–H groups in total. The van der Waals surface area contributed by atoms with Crippen molar-refractivity contribution in [3.63, 3.8) is 0 Å². The maximum Gasteiger partial charge on any atom is 0.249 e. The van der Waals surface area contributed by atoms with E-state index in [2.05, 4.69) is 4.74 Å². The molecule has 0 saturated heterocycles. The van der Waals surface area contributed by atoms with Crippen LogP contribution in [0.25, 0.3) is 0 Å². The van der Waals surface area contributed by atoms with Crippen LogP contribution in [-0.2, 0) is 9.16 Å². The molecule has 3 nitrogen and oxygen atoms in total. The quantitative estimate of drug-likeness (QED) is 0.401. The first-order valence-electron chi connectivity index (χ1n) is 2.13. The van der Waals surface area contributed by atoms with E-state index in [1.807, 2.05) is 6.55 Å². The zero-order chi connectivity index (χ0) is 5.70. The largest absolute Gasteiger partial charge is 0.384 e. The fraction of sp³-hybridized carbons (Fsp3) is 1.00. The van der Waals surface area contributed by atoms with E-state index in [0.717, 1.165) is 0 Å². The van der Waals surface area contributed by atoms with Gasteiger partial charge in [0.15, 0.2) is 0 Å². The van der Waals surface area contributed by atoms with Crippen LogP contribution in [0.15, 0.2) is 0 Å². The highest BCUT2D eigenvalue weighted by atomic mass is 28.3. The predicted octanol–water partition coefficient (Wildman–Crippen LogP) is -0.584. The normalized spacial score (nSPS) is 14.1. The van der Waals surface area contributed by atoms with Crippen molar-refractivity contribution in [1.82, 2.24) is 0 Å². The summed E-state index contributed by atoms with van der Waals surface area (Å²) in [4.78, 5) is 0. The third-order valence-corrected chi connectivity index (χ3v) is 1.11. The number of ether oxygens (including phenoxy) is 1. The molecule has 4 heteroatoms. The molecule has 7 heavy (non-hydrogen) atoms. The third kappa shape index (κ3) is 6.10. The van der Waals surface area contributed by atoms with Gasteiger partial charge in [0.25, 0.3) is 0 Å². The van der Waals surface area contributed by atoms with Crippen molar-refractivity contribution >= 4 is 9.20 Å². The summed E-state index contributed by atoms with van der Waals surface area (Å²) in [7, 11) is 0.267. The minimum absolute atomic E-state index is 0.337. The Hall–Kier alpha value is 0.0969. The van der Waals surface area contributed by atoms with Crippen molar-refractivity contribution in [2.45, 2.75) is 6.55 Å². The van der Waals surface area contributed by atoms with Gasteiger partial charge >= 0.3 is 0 Å². The van der Waals surface area contributed by atoms with E-state index in [1.54, 1.807) is 7.11 Å². The lowest BCUT2D eigenvalue weighted by molar-refractivity contribution is 0.0496. The van der Waals surface area contributed by atoms with Crippen molar-refractivity contribution in [1.29, 1.82) is 0 Å². The highest BCUT2D eigenvalue weighted by molar-refractivity contribution is 6.46. The summed E-state index contributed by atoms with van der Waals surface area (Å²) in [5, 5.41) is 5.32. The standard InChI is InChI=1S/C3H11NO2Si/c1-5-3-6-7(2)4/h7H,3-4H2,1-2H3. The molecule has 0 amide bonds. The van der Waals surface area contributed by atoms with Gasteiger partial charge in [-0.05, 0) is 6.55 Å². The van der Waals surface area contributed by atoms with E-state index >= 15 is 0 Å². The molecule has 0 aliphatic carbocycles. The summed E-state index contributed by atoms with van der Waals surface area (Å²) >= 11 is 0. The predicted molar refractivity (Wildman–Crippen MR) is 30.2 cm³/mol. The molecule has 0 aliphatic heterocycles. The molecule has 0 aliphatic rings. The SMILES string of the molecule is COCO[SiH](C)N. The van der Waals surface area contributed by atoms with Crippen molar-refractivity contribution in [2.24, 2.45) is 5.40 Å². The minimum atomic E-state index is -1.31. The van der Waals surface area contributed by atoms with E-state index in [0.29, 0.717) is 6.79 Å². The molecule has 0 aromatic heterocycles. The van der Waals surface area contributed by atoms with Crippen LogP contribution in [-0.4, -0.2) is 23.1 Å². The molecule has 0 spiro atoms. The highest BCUT2D eigenvalue weighted by Gasteiger charge is 1.91. The molecule has 44 valence electrons. The molecular formula is C3H11NO2Si. The zero-order valence-electron chi connectivity index (χ0n) is 4.68. The monoisotopic (exact) mass is 121 g/mol. The topological polar surface area (TPSA) is 44.5 Å². The van der Waals surface area contributed by atoms with Gasteiger partial charge < -0.3 is 14.6 Å². The van der Waals surface area contributed by atoms with E-state index in [9.17, 15) is 0 Å². The van der Waals surface area contributed by atoms with Crippen LogP contribution >= 0.6 is 0 Å². The van der Waals surface area contributed by atoms with Crippen LogP contribution in [0.1, 0.15) is 0 Å². The Morgan fingerprint density at radius 1 is 1.71 bits per heavy atom. The fourth-order valence-electron chi connectivity index (χ4n) is 0.175. The summed E-state index contributed by atoms with van der Waals surface area (Å²) < 4.78 is 9.47. The smallest absolute Gasteiger partial charge is 0.249 e. The van der Waals surface area contributed by atoms with Crippen LogP contribution in [0.3, 0.4) is 0 Å². The molecule has 1 atom stereocenters.